The maximum Gasteiger partial charge on any atom is 0.303 e. The number of nitrogens with one attached hydrogen (secondary N) is 2. The summed E-state index contributed by atoms with van der Waals surface area (Å²) in [6.45, 7) is 0.799. The lowest BCUT2D eigenvalue weighted by Gasteiger charge is -2.11. The average molecular weight is 315 g/mol. The average Bonchev–Trinajstić information content (AvgIpc) is 2.44. The first-order chi connectivity index (χ1) is 10.0. The van der Waals surface area contributed by atoms with Gasteiger partial charge in [-0.1, -0.05) is 11.6 Å². The van der Waals surface area contributed by atoms with Crippen molar-refractivity contribution < 1.29 is 19.4 Å². The zero-order valence-electron chi connectivity index (χ0n) is 11.8. The van der Waals surface area contributed by atoms with Crippen LogP contribution in [0.15, 0.2) is 18.2 Å². The fourth-order valence-corrected chi connectivity index (χ4v) is 1.86. The van der Waals surface area contributed by atoms with Crippen LogP contribution in [0.4, 0.5) is 5.69 Å². The van der Waals surface area contributed by atoms with Crippen molar-refractivity contribution in [1.82, 2.24) is 5.32 Å². The summed E-state index contributed by atoms with van der Waals surface area (Å²) >= 11 is 5.90. The third-order valence-electron chi connectivity index (χ3n) is 2.72. The Balaban J connectivity index is 2.28. The monoisotopic (exact) mass is 314 g/mol. The summed E-state index contributed by atoms with van der Waals surface area (Å²) in [5.74, 6) is -0.339. The maximum absolute atomic E-state index is 11.5. The van der Waals surface area contributed by atoms with Crippen LogP contribution in [0.5, 0.6) is 5.75 Å². The Hall–Kier alpha value is -1.95. The van der Waals surface area contributed by atoms with E-state index in [-0.39, 0.29) is 18.7 Å². The molecule has 6 nitrogen and oxygen atoms in total. The molecule has 116 valence electrons. The van der Waals surface area contributed by atoms with Gasteiger partial charge in [0.25, 0.3) is 0 Å². The molecule has 1 aromatic rings. The van der Waals surface area contributed by atoms with E-state index in [4.69, 9.17) is 21.4 Å². The van der Waals surface area contributed by atoms with Crippen molar-refractivity contribution in [3.05, 3.63) is 23.2 Å². The van der Waals surface area contributed by atoms with E-state index in [2.05, 4.69) is 10.6 Å². The Morgan fingerprint density at radius 1 is 1.29 bits per heavy atom. The minimum Gasteiger partial charge on any atom is -0.495 e. The van der Waals surface area contributed by atoms with E-state index in [9.17, 15) is 9.59 Å². The quantitative estimate of drug-likeness (QED) is 0.608. The second-order valence-corrected chi connectivity index (χ2v) is 4.81. The Bertz CT molecular complexity index is 494. The number of benzene rings is 1. The molecule has 7 heteroatoms. The van der Waals surface area contributed by atoms with Gasteiger partial charge in [0.05, 0.1) is 12.8 Å². The fourth-order valence-electron chi connectivity index (χ4n) is 1.68. The van der Waals surface area contributed by atoms with Crippen molar-refractivity contribution in [2.75, 3.05) is 25.5 Å². The molecule has 0 unspecified atom stereocenters. The first kappa shape index (κ1) is 17.1. The molecule has 1 amide bonds. The zero-order chi connectivity index (χ0) is 15.7. The topological polar surface area (TPSA) is 87.7 Å². The number of amides is 1. The molecule has 21 heavy (non-hydrogen) atoms. The van der Waals surface area contributed by atoms with Gasteiger partial charge in [-0.3, -0.25) is 9.59 Å². The Kier molecular flexibility index (Phi) is 7.39. The van der Waals surface area contributed by atoms with E-state index in [1.54, 1.807) is 25.3 Å². The van der Waals surface area contributed by atoms with E-state index >= 15 is 0 Å². The SMILES string of the molecule is COc1ccc(Cl)cc1NCCC(=O)NCCCC(=O)O. The predicted molar refractivity (Wildman–Crippen MR) is 81.0 cm³/mol. The first-order valence-electron chi connectivity index (χ1n) is 6.59. The van der Waals surface area contributed by atoms with Gasteiger partial charge in [-0.15, -0.1) is 0 Å². The molecule has 0 aliphatic rings. The Morgan fingerprint density at radius 3 is 2.71 bits per heavy atom. The van der Waals surface area contributed by atoms with Crippen LogP contribution < -0.4 is 15.4 Å². The van der Waals surface area contributed by atoms with Crippen molar-refractivity contribution in [2.24, 2.45) is 0 Å². The molecule has 0 heterocycles. The van der Waals surface area contributed by atoms with Gasteiger partial charge in [0.2, 0.25) is 5.91 Å². The van der Waals surface area contributed by atoms with Crippen LogP contribution in [-0.4, -0.2) is 37.2 Å². The molecule has 0 aliphatic carbocycles. The highest BCUT2D eigenvalue weighted by Gasteiger charge is 2.05. The van der Waals surface area contributed by atoms with Crippen LogP contribution >= 0.6 is 11.6 Å². The van der Waals surface area contributed by atoms with Gasteiger partial charge in [0.15, 0.2) is 0 Å². The van der Waals surface area contributed by atoms with E-state index in [1.165, 1.54) is 0 Å². The normalized spacial score (nSPS) is 10.0. The molecular weight excluding hydrogens is 296 g/mol. The summed E-state index contributed by atoms with van der Waals surface area (Å²) in [6.07, 6.45) is 0.762. The lowest BCUT2D eigenvalue weighted by molar-refractivity contribution is -0.137. The molecule has 0 spiro atoms. The highest BCUT2D eigenvalue weighted by atomic mass is 35.5. The van der Waals surface area contributed by atoms with Crippen LogP contribution in [0.1, 0.15) is 19.3 Å². The van der Waals surface area contributed by atoms with Crippen LogP contribution in [0, 0.1) is 0 Å². The highest BCUT2D eigenvalue weighted by Crippen LogP contribution is 2.27. The van der Waals surface area contributed by atoms with Crippen LogP contribution in [-0.2, 0) is 9.59 Å². The van der Waals surface area contributed by atoms with Gasteiger partial charge in [-0.05, 0) is 24.6 Å². The molecular formula is C14H19ClN2O4. The summed E-state index contributed by atoms with van der Waals surface area (Å²) < 4.78 is 5.18. The summed E-state index contributed by atoms with van der Waals surface area (Å²) in [7, 11) is 1.56. The van der Waals surface area contributed by atoms with Crippen LogP contribution in [0.2, 0.25) is 5.02 Å². The summed E-state index contributed by atoms with van der Waals surface area (Å²) in [4.78, 5) is 21.9. The van der Waals surface area contributed by atoms with E-state index in [1.807, 2.05) is 0 Å². The maximum atomic E-state index is 11.5. The van der Waals surface area contributed by atoms with Gasteiger partial charge in [-0.25, -0.2) is 0 Å². The van der Waals surface area contributed by atoms with E-state index in [0.29, 0.717) is 30.3 Å². The number of anilines is 1. The molecule has 1 rings (SSSR count). The summed E-state index contributed by atoms with van der Waals surface area (Å²) in [5.41, 5.74) is 0.726. The van der Waals surface area contributed by atoms with Crippen molar-refractivity contribution in [2.45, 2.75) is 19.3 Å². The highest BCUT2D eigenvalue weighted by molar-refractivity contribution is 6.30. The third-order valence-corrected chi connectivity index (χ3v) is 2.95. The number of hydrogen-bond donors (Lipinski definition) is 3. The van der Waals surface area contributed by atoms with Gasteiger partial charge < -0.3 is 20.5 Å². The predicted octanol–water partition coefficient (Wildman–Crippen LogP) is 2.13. The molecule has 0 bridgehead atoms. The van der Waals surface area contributed by atoms with Crippen molar-refractivity contribution in [3.63, 3.8) is 0 Å². The van der Waals surface area contributed by atoms with Gasteiger partial charge >= 0.3 is 5.97 Å². The second-order valence-electron chi connectivity index (χ2n) is 4.37. The molecule has 0 aromatic heterocycles. The number of carboxylic acid groups (broad SMARTS) is 1. The number of carbonyl (C=O) groups excluding carboxylic acids is 1. The zero-order valence-corrected chi connectivity index (χ0v) is 12.6. The molecule has 0 aliphatic heterocycles. The van der Waals surface area contributed by atoms with E-state index in [0.717, 1.165) is 5.69 Å². The molecule has 0 saturated heterocycles. The number of hydrogen-bond acceptors (Lipinski definition) is 4. The standard InChI is InChI=1S/C14H19ClN2O4/c1-21-12-5-4-10(15)9-11(12)16-8-6-13(18)17-7-2-3-14(19)20/h4-5,9,16H,2-3,6-8H2,1H3,(H,17,18)(H,19,20). The second kappa shape index (κ2) is 9.07. The van der Waals surface area contributed by atoms with Crippen LogP contribution in [0.25, 0.3) is 0 Å². The molecule has 0 saturated carbocycles. The molecule has 0 fully saturated rings. The number of carbonyl (C=O) groups is 2. The van der Waals surface area contributed by atoms with Crippen molar-refractivity contribution in [1.29, 1.82) is 0 Å². The number of ether oxygens (including phenoxy) is 1. The van der Waals surface area contributed by atoms with E-state index < -0.39 is 5.97 Å². The molecule has 1 aromatic carbocycles. The summed E-state index contributed by atoms with van der Waals surface area (Å²) in [6, 6.07) is 5.20. The molecule has 3 N–H and O–H groups in total. The Labute approximate surface area is 128 Å². The Morgan fingerprint density at radius 2 is 2.05 bits per heavy atom. The number of carboxylic acids is 1. The van der Waals surface area contributed by atoms with Crippen molar-refractivity contribution >= 4 is 29.2 Å². The van der Waals surface area contributed by atoms with Gasteiger partial charge in [0, 0.05) is 31.0 Å². The number of methoxy groups -OCH3 is 1. The smallest absolute Gasteiger partial charge is 0.303 e. The number of halogens is 1. The minimum absolute atomic E-state index is 0.0538. The largest absolute Gasteiger partial charge is 0.495 e. The fraction of sp³-hybridized carbons (Fsp3) is 0.429. The number of rotatable bonds is 9. The van der Waals surface area contributed by atoms with Crippen LogP contribution in [0.3, 0.4) is 0 Å². The lowest BCUT2D eigenvalue weighted by Crippen LogP contribution is -2.26. The lowest BCUT2D eigenvalue weighted by atomic mass is 10.2. The molecule has 0 atom stereocenters. The van der Waals surface area contributed by atoms with Gasteiger partial charge in [0.1, 0.15) is 5.75 Å². The van der Waals surface area contributed by atoms with Crippen molar-refractivity contribution in [3.8, 4) is 5.75 Å². The summed E-state index contributed by atoms with van der Waals surface area (Å²) in [5, 5.41) is 14.8. The third kappa shape index (κ3) is 6.85. The minimum atomic E-state index is -0.862. The molecule has 0 radical (unpaired) electrons. The first-order valence-corrected chi connectivity index (χ1v) is 6.96. The van der Waals surface area contributed by atoms with Gasteiger partial charge in [-0.2, -0.15) is 0 Å². The number of aliphatic carboxylic acids is 1.